The lowest BCUT2D eigenvalue weighted by atomic mass is 9.91. The summed E-state index contributed by atoms with van der Waals surface area (Å²) in [6, 6.07) is 9.87. The summed E-state index contributed by atoms with van der Waals surface area (Å²) in [5.41, 5.74) is 2.07. The van der Waals surface area contributed by atoms with Gasteiger partial charge in [-0.3, -0.25) is 14.4 Å². The maximum atomic E-state index is 13.4. The van der Waals surface area contributed by atoms with Crippen LogP contribution in [0.1, 0.15) is 54.6 Å². The van der Waals surface area contributed by atoms with Crippen molar-refractivity contribution in [3.8, 4) is 11.5 Å². The van der Waals surface area contributed by atoms with Crippen molar-refractivity contribution in [2.24, 2.45) is 0 Å². The summed E-state index contributed by atoms with van der Waals surface area (Å²) in [4.78, 5) is 32.8. The summed E-state index contributed by atoms with van der Waals surface area (Å²) in [5.74, 6) is -1.37. The summed E-state index contributed by atoms with van der Waals surface area (Å²) >= 11 is 0. The van der Waals surface area contributed by atoms with Crippen LogP contribution in [0.2, 0.25) is 0 Å². The lowest BCUT2D eigenvalue weighted by molar-refractivity contribution is -0.147. The third-order valence-corrected chi connectivity index (χ3v) is 6.19. The summed E-state index contributed by atoms with van der Waals surface area (Å²) in [5, 5.41) is 20.5. The van der Waals surface area contributed by atoms with Crippen molar-refractivity contribution < 1.29 is 43.0 Å². The Morgan fingerprint density at radius 3 is 2.39 bits per heavy atom. The van der Waals surface area contributed by atoms with Crippen molar-refractivity contribution in [1.29, 1.82) is 0 Å². The fraction of sp³-hybridized carbons (Fsp3) is 0.407. The number of carbonyl (C=O) groups excluding carboxylic acids is 1. The Hall–Kier alpha value is -3.99. The van der Waals surface area contributed by atoms with E-state index in [-0.39, 0.29) is 11.6 Å². The van der Waals surface area contributed by atoms with Crippen molar-refractivity contribution in [2.45, 2.75) is 38.5 Å². The van der Waals surface area contributed by atoms with Gasteiger partial charge in [-0.25, -0.2) is 4.39 Å². The molecule has 0 aliphatic carbocycles. The number of fused-ring (bicyclic) bond motifs is 1. The van der Waals surface area contributed by atoms with Crippen LogP contribution in [0.15, 0.2) is 40.9 Å². The van der Waals surface area contributed by atoms with Crippen LogP contribution in [0.5, 0.6) is 11.5 Å². The number of carboxylic acid groups (broad SMARTS) is 2. The molecule has 4 rings (SSSR count). The first-order valence-electron chi connectivity index (χ1n) is 12.2. The molecule has 3 aromatic rings. The number of nitrogens with zero attached hydrogens (tertiary/aromatic N) is 2. The molecular weight excluding hydrogens is 499 g/mol. The largest absolute Gasteiger partial charge is 0.493 e. The number of methoxy groups -OCH3 is 1. The minimum Gasteiger partial charge on any atom is -0.493 e. The van der Waals surface area contributed by atoms with Crippen molar-refractivity contribution >= 4 is 28.7 Å². The number of carbonyl (C=O) groups is 3. The van der Waals surface area contributed by atoms with Crippen LogP contribution < -0.4 is 9.47 Å². The molecule has 0 spiro atoms. The number of benzene rings is 2. The highest BCUT2D eigenvalue weighted by atomic mass is 19.1. The van der Waals surface area contributed by atoms with E-state index in [1.54, 1.807) is 31.4 Å². The lowest BCUT2D eigenvalue weighted by Gasteiger charge is -2.31. The molecule has 2 aromatic carbocycles. The van der Waals surface area contributed by atoms with Crippen molar-refractivity contribution in [1.82, 2.24) is 10.1 Å². The number of aromatic nitrogens is 1. The Balaban J connectivity index is 0.000000505. The van der Waals surface area contributed by atoms with E-state index in [9.17, 15) is 18.8 Å². The number of aliphatic carboxylic acids is 2. The van der Waals surface area contributed by atoms with E-state index in [1.807, 2.05) is 0 Å². The van der Waals surface area contributed by atoms with Gasteiger partial charge in [0.1, 0.15) is 12.2 Å². The zero-order valence-electron chi connectivity index (χ0n) is 21.3. The van der Waals surface area contributed by atoms with Gasteiger partial charge in [0.05, 0.1) is 19.4 Å². The van der Waals surface area contributed by atoms with Crippen LogP contribution in [0.25, 0.3) is 11.0 Å². The molecule has 38 heavy (non-hydrogen) atoms. The van der Waals surface area contributed by atoms with E-state index in [0.717, 1.165) is 50.0 Å². The van der Waals surface area contributed by atoms with Gasteiger partial charge in [-0.05, 0) is 69.6 Å². The molecule has 0 radical (unpaired) electrons. The second kappa shape index (κ2) is 13.5. The van der Waals surface area contributed by atoms with Crippen LogP contribution in [0, 0.1) is 5.82 Å². The van der Waals surface area contributed by atoms with Gasteiger partial charge in [0.2, 0.25) is 0 Å². The fourth-order valence-electron chi connectivity index (χ4n) is 4.26. The molecule has 1 saturated heterocycles. The number of likely N-dealkylation sites (tertiary alicyclic amines) is 1. The fourth-order valence-corrected chi connectivity index (χ4v) is 4.26. The highest BCUT2D eigenvalue weighted by Crippen LogP contribution is 2.33. The number of ether oxygens (including phenoxy) is 2. The molecule has 1 aromatic heterocycles. The van der Waals surface area contributed by atoms with Crippen LogP contribution in [-0.4, -0.2) is 71.3 Å². The first-order valence-corrected chi connectivity index (χ1v) is 12.2. The van der Waals surface area contributed by atoms with Crippen LogP contribution in [0.4, 0.5) is 4.39 Å². The van der Waals surface area contributed by atoms with Gasteiger partial charge in [-0.2, -0.15) is 0 Å². The molecule has 2 N–H and O–H groups in total. The smallest absolute Gasteiger partial charge is 0.314 e. The minimum atomic E-state index is -1.31. The summed E-state index contributed by atoms with van der Waals surface area (Å²) in [6.45, 7) is 5.03. The number of carboxylic acids is 2. The van der Waals surface area contributed by atoms with Crippen molar-refractivity contribution in [3.05, 3.63) is 53.5 Å². The van der Waals surface area contributed by atoms with Gasteiger partial charge in [-0.15, -0.1) is 0 Å². The third-order valence-electron chi connectivity index (χ3n) is 6.19. The Bertz CT molecular complexity index is 1260. The van der Waals surface area contributed by atoms with E-state index >= 15 is 0 Å². The van der Waals surface area contributed by atoms with E-state index < -0.39 is 18.4 Å². The van der Waals surface area contributed by atoms with Crippen LogP contribution >= 0.6 is 0 Å². The normalized spacial score (nSPS) is 14.0. The highest BCUT2D eigenvalue weighted by molar-refractivity contribution is 5.94. The molecule has 1 aliphatic rings. The minimum absolute atomic E-state index is 0.000894. The number of Topliss-reactive ketones (excluding diaryl/α,β-unsaturated/α-hetero) is 1. The standard InChI is InChI=1S/C24H27FN2O4.C3H4O4/c1-16(28)18-4-7-21(23(14-18)29-2)30-13-3-10-27-11-8-17(9-12-27)24-20-6-5-19(25)15-22(20)31-26-24;4-2(5)1-3(6)7/h4-7,14-15,17H,3,8-13H2,1-2H3;1H2,(H,4,5)(H,6,7). The molecule has 0 unspecified atom stereocenters. The Morgan fingerprint density at radius 2 is 1.79 bits per heavy atom. The van der Waals surface area contributed by atoms with E-state index in [0.29, 0.717) is 35.2 Å². The van der Waals surface area contributed by atoms with Gasteiger partial charge in [-0.1, -0.05) is 5.16 Å². The molecule has 2 heterocycles. The lowest BCUT2D eigenvalue weighted by Crippen LogP contribution is -2.34. The monoisotopic (exact) mass is 530 g/mol. The maximum Gasteiger partial charge on any atom is 0.314 e. The topological polar surface area (TPSA) is 139 Å². The predicted molar refractivity (Wildman–Crippen MR) is 135 cm³/mol. The number of hydrogen-bond acceptors (Lipinski definition) is 8. The molecule has 1 fully saturated rings. The van der Waals surface area contributed by atoms with Gasteiger partial charge < -0.3 is 29.1 Å². The average Bonchev–Trinajstić information content (AvgIpc) is 3.29. The molecule has 11 heteroatoms. The average molecular weight is 531 g/mol. The first kappa shape index (κ1) is 28.6. The zero-order chi connectivity index (χ0) is 27.7. The number of halogens is 1. The molecule has 0 atom stereocenters. The van der Waals surface area contributed by atoms with Gasteiger partial charge >= 0.3 is 11.9 Å². The van der Waals surface area contributed by atoms with Crippen molar-refractivity contribution in [2.75, 3.05) is 33.4 Å². The van der Waals surface area contributed by atoms with Crippen LogP contribution in [0.3, 0.4) is 0 Å². The number of ketones is 1. The van der Waals surface area contributed by atoms with Gasteiger partial charge in [0.25, 0.3) is 0 Å². The molecule has 0 saturated carbocycles. The molecule has 1 aliphatic heterocycles. The quantitative estimate of drug-likeness (QED) is 0.221. The van der Waals surface area contributed by atoms with Gasteiger partial charge in [0, 0.05) is 29.5 Å². The van der Waals surface area contributed by atoms with Gasteiger partial charge in [0.15, 0.2) is 22.9 Å². The number of piperidine rings is 1. The van der Waals surface area contributed by atoms with E-state index in [4.69, 9.17) is 24.2 Å². The first-order chi connectivity index (χ1) is 18.2. The predicted octanol–water partition coefficient (Wildman–Crippen LogP) is 4.37. The van der Waals surface area contributed by atoms with E-state index in [1.165, 1.54) is 19.1 Å². The number of rotatable bonds is 10. The maximum absolute atomic E-state index is 13.4. The summed E-state index contributed by atoms with van der Waals surface area (Å²) < 4.78 is 29.9. The van der Waals surface area contributed by atoms with E-state index in [2.05, 4.69) is 10.1 Å². The second-order valence-corrected chi connectivity index (χ2v) is 8.91. The SMILES string of the molecule is COc1cc(C(C)=O)ccc1OCCCN1CCC(c2noc3cc(F)ccc23)CC1.O=C(O)CC(=O)O. The number of hydrogen-bond donors (Lipinski definition) is 2. The molecule has 0 amide bonds. The van der Waals surface area contributed by atoms with Crippen molar-refractivity contribution in [3.63, 3.8) is 0 Å². The third kappa shape index (κ3) is 8.01. The summed E-state index contributed by atoms with van der Waals surface area (Å²) in [6.07, 6.45) is 2.09. The Labute approximate surface area is 218 Å². The van der Waals surface area contributed by atoms with Crippen LogP contribution in [-0.2, 0) is 9.59 Å². The molecular formula is C27H31FN2O8. The molecule has 204 valence electrons. The summed E-state index contributed by atoms with van der Waals surface area (Å²) in [7, 11) is 1.57. The Morgan fingerprint density at radius 1 is 1.08 bits per heavy atom. The zero-order valence-corrected chi connectivity index (χ0v) is 21.3. The second-order valence-electron chi connectivity index (χ2n) is 8.91. The molecule has 0 bridgehead atoms. The Kier molecular flexibility index (Phi) is 10.2. The molecule has 10 nitrogen and oxygen atoms in total. The highest BCUT2D eigenvalue weighted by Gasteiger charge is 2.25.